The Labute approximate surface area is 126 Å². The maximum atomic E-state index is 5.56. The normalized spacial score (nSPS) is 16.5. The molecule has 1 aliphatic heterocycles. The van der Waals surface area contributed by atoms with E-state index in [9.17, 15) is 0 Å². The van der Waals surface area contributed by atoms with Crippen molar-refractivity contribution >= 4 is 9.53 Å². The molecule has 0 amide bonds. The minimum Gasteiger partial charge on any atom is -0.376 e. The molecule has 0 aliphatic carbocycles. The predicted molar refractivity (Wildman–Crippen MR) is 85.9 cm³/mol. The van der Waals surface area contributed by atoms with Crippen LogP contribution < -0.4 is 11.1 Å². The van der Waals surface area contributed by atoms with Crippen molar-refractivity contribution in [3.05, 3.63) is 0 Å². The Balaban J connectivity index is 0.000000428. The minimum absolute atomic E-state index is 0.390. The molecule has 0 spiro atoms. The Morgan fingerprint density at radius 3 is 1.55 bits per heavy atom. The molecule has 3 N–H and O–H groups in total. The minimum atomic E-state index is -1.79. The van der Waals surface area contributed by atoms with Gasteiger partial charge in [0, 0.05) is 39.0 Å². The summed E-state index contributed by atoms with van der Waals surface area (Å²) in [5, 5.41) is 3.16. The number of rotatable bonds is 10. The molecule has 1 heterocycles. The summed E-state index contributed by atoms with van der Waals surface area (Å²) in [5.41, 5.74) is 5.56. The van der Waals surface area contributed by atoms with Gasteiger partial charge in [-0.3, -0.25) is 0 Å². The summed E-state index contributed by atoms with van der Waals surface area (Å²) >= 11 is 0. The van der Waals surface area contributed by atoms with Crippen LogP contribution in [-0.2, 0) is 13.3 Å². The molecule has 0 saturated carbocycles. The van der Waals surface area contributed by atoms with Gasteiger partial charge in [-0.2, -0.15) is 0 Å². The summed E-state index contributed by atoms with van der Waals surface area (Å²) in [7, 11) is -1.79. The first kappa shape index (κ1) is 20.0. The molecule has 20 heavy (non-hydrogen) atoms. The number of nitrogens with one attached hydrogen (secondary N) is 1. The van der Waals surface area contributed by atoms with Crippen LogP contribution in [0.5, 0.6) is 0 Å². The van der Waals surface area contributed by atoms with Crippen LogP contribution in [0.1, 0.15) is 47.0 Å². The summed E-state index contributed by atoms with van der Waals surface area (Å²) in [6.07, 6.45) is 3.07. The van der Waals surface area contributed by atoms with Gasteiger partial charge in [0.2, 0.25) is 0 Å². The van der Waals surface area contributed by atoms with E-state index in [1.807, 2.05) is 0 Å². The fraction of sp³-hybridized carbons (Fsp3) is 1.00. The molecule has 122 valence electrons. The van der Waals surface area contributed by atoms with Crippen LogP contribution >= 0.6 is 0 Å². The van der Waals surface area contributed by atoms with Crippen LogP contribution in [0.15, 0.2) is 0 Å². The topological polar surface area (TPSA) is 65.7 Å². The Morgan fingerprint density at radius 1 is 1.00 bits per heavy atom. The van der Waals surface area contributed by atoms with E-state index in [0.29, 0.717) is 6.04 Å². The Hall–Kier alpha value is 0.0169. The molecule has 0 radical (unpaired) electrons. The molecule has 6 heteroatoms. The monoisotopic (exact) mass is 306 g/mol. The second-order valence-corrected chi connectivity index (χ2v) is 6.76. The van der Waals surface area contributed by atoms with Gasteiger partial charge in [-0.05, 0) is 32.1 Å². The zero-order valence-electron chi connectivity index (χ0n) is 13.7. The van der Waals surface area contributed by atoms with Crippen LogP contribution in [0.25, 0.3) is 0 Å². The first-order chi connectivity index (χ1) is 9.65. The SMILES string of the molecule is CC(N)C1CNC1.CCCO[SiH](OCCC)OCCC. The van der Waals surface area contributed by atoms with E-state index < -0.39 is 9.53 Å². The van der Waals surface area contributed by atoms with Gasteiger partial charge in [-0.1, -0.05) is 20.8 Å². The lowest BCUT2D eigenvalue weighted by atomic mass is 9.96. The first-order valence-corrected chi connectivity index (χ1v) is 9.38. The number of hydrogen-bond acceptors (Lipinski definition) is 5. The fourth-order valence-corrected chi connectivity index (χ4v) is 3.04. The molecule has 1 rings (SSSR count). The van der Waals surface area contributed by atoms with Gasteiger partial charge in [-0.25, -0.2) is 0 Å². The predicted octanol–water partition coefficient (Wildman–Crippen LogP) is 1.54. The molecule has 0 aromatic heterocycles. The van der Waals surface area contributed by atoms with Crippen molar-refractivity contribution in [2.75, 3.05) is 32.9 Å². The van der Waals surface area contributed by atoms with E-state index in [-0.39, 0.29) is 0 Å². The van der Waals surface area contributed by atoms with Crippen molar-refractivity contribution in [2.45, 2.75) is 53.0 Å². The van der Waals surface area contributed by atoms with Gasteiger partial charge in [0.05, 0.1) is 0 Å². The average Bonchev–Trinajstić information content (AvgIpc) is 2.36. The summed E-state index contributed by atoms with van der Waals surface area (Å²) in [5.74, 6) is 0.750. The maximum absolute atomic E-state index is 5.56. The van der Waals surface area contributed by atoms with Crippen molar-refractivity contribution in [3.63, 3.8) is 0 Å². The van der Waals surface area contributed by atoms with E-state index >= 15 is 0 Å². The zero-order chi connectivity index (χ0) is 15.2. The Bertz CT molecular complexity index is 186. The summed E-state index contributed by atoms with van der Waals surface area (Å²) < 4.78 is 16.5. The lowest BCUT2D eigenvalue weighted by Gasteiger charge is -2.30. The smallest absolute Gasteiger partial charge is 0.376 e. The third-order valence-electron chi connectivity index (χ3n) is 2.93. The number of nitrogens with two attached hydrogens (primary N) is 1. The average molecular weight is 307 g/mol. The van der Waals surface area contributed by atoms with Crippen molar-refractivity contribution < 1.29 is 13.3 Å². The van der Waals surface area contributed by atoms with E-state index in [1.54, 1.807) is 0 Å². The zero-order valence-corrected chi connectivity index (χ0v) is 14.8. The summed E-state index contributed by atoms with van der Waals surface area (Å²) in [4.78, 5) is 0. The van der Waals surface area contributed by atoms with Crippen molar-refractivity contribution in [1.82, 2.24) is 5.32 Å². The van der Waals surface area contributed by atoms with Gasteiger partial charge in [0.25, 0.3) is 0 Å². The highest BCUT2D eigenvalue weighted by Gasteiger charge is 2.19. The van der Waals surface area contributed by atoms with Crippen molar-refractivity contribution in [1.29, 1.82) is 0 Å². The fourth-order valence-electron chi connectivity index (χ4n) is 1.47. The molecule has 1 fully saturated rings. The maximum Gasteiger partial charge on any atom is 0.484 e. The summed E-state index contributed by atoms with van der Waals surface area (Å²) in [6, 6.07) is 0.390. The largest absolute Gasteiger partial charge is 0.484 e. The third-order valence-corrected chi connectivity index (χ3v) is 4.45. The van der Waals surface area contributed by atoms with E-state index in [1.165, 1.54) is 0 Å². The quantitative estimate of drug-likeness (QED) is 0.599. The van der Waals surface area contributed by atoms with Gasteiger partial charge in [0.15, 0.2) is 0 Å². The van der Waals surface area contributed by atoms with Gasteiger partial charge >= 0.3 is 9.53 Å². The van der Waals surface area contributed by atoms with Crippen LogP contribution in [-0.4, -0.2) is 48.5 Å². The Kier molecular flexibility index (Phi) is 14.0. The van der Waals surface area contributed by atoms with Crippen LogP contribution in [0, 0.1) is 5.92 Å². The lowest BCUT2D eigenvalue weighted by Crippen LogP contribution is -2.50. The third kappa shape index (κ3) is 10.8. The Morgan fingerprint density at radius 2 is 1.40 bits per heavy atom. The lowest BCUT2D eigenvalue weighted by molar-refractivity contribution is 0.0933. The molecular weight excluding hydrogens is 272 g/mol. The molecule has 1 saturated heterocycles. The molecule has 0 aromatic carbocycles. The molecule has 0 aromatic rings. The summed E-state index contributed by atoms with van der Waals surface area (Å²) in [6.45, 7) is 12.8. The second kappa shape index (κ2) is 14.0. The molecule has 0 bridgehead atoms. The molecule has 1 aliphatic rings. The molecule has 1 atom stereocenters. The van der Waals surface area contributed by atoms with Gasteiger partial charge < -0.3 is 24.3 Å². The highest BCUT2D eigenvalue weighted by molar-refractivity contribution is 6.36. The van der Waals surface area contributed by atoms with E-state index in [0.717, 1.165) is 58.1 Å². The van der Waals surface area contributed by atoms with E-state index in [4.69, 9.17) is 19.0 Å². The highest BCUT2D eigenvalue weighted by Crippen LogP contribution is 2.04. The molecule has 1 unspecified atom stereocenters. The van der Waals surface area contributed by atoms with Gasteiger partial charge in [-0.15, -0.1) is 0 Å². The standard InChI is InChI=1S/C9H22O3Si.C5H12N2/c1-4-7-10-13(11-8-5-2)12-9-6-3;1-4(6)5-2-7-3-5/h13H,4-9H2,1-3H3;4-5,7H,2-3,6H2,1H3. The first-order valence-electron chi connectivity index (χ1n) is 7.96. The van der Waals surface area contributed by atoms with Crippen molar-refractivity contribution in [3.8, 4) is 0 Å². The van der Waals surface area contributed by atoms with E-state index in [2.05, 4.69) is 33.0 Å². The van der Waals surface area contributed by atoms with Crippen LogP contribution in [0.2, 0.25) is 0 Å². The molecular formula is C14H34N2O3Si. The number of hydrogen-bond donors (Lipinski definition) is 2. The second-order valence-electron chi connectivity index (χ2n) is 5.18. The van der Waals surface area contributed by atoms with Crippen LogP contribution in [0.3, 0.4) is 0 Å². The van der Waals surface area contributed by atoms with Gasteiger partial charge in [0.1, 0.15) is 0 Å². The van der Waals surface area contributed by atoms with Crippen molar-refractivity contribution in [2.24, 2.45) is 11.7 Å². The molecule has 5 nitrogen and oxygen atoms in total. The van der Waals surface area contributed by atoms with Crippen LogP contribution in [0.4, 0.5) is 0 Å². The highest BCUT2D eigenvalue weighted by atomic mass is 28.3.